The van der Waals surface area contributed by atoms with Crippen molar-refractivity contribution in [1.29, 1.82) is 0 Å². The van der Waals surface area contributed by atoms with Gasteiger partial charge in [-0.25, -0.2) is 0 Å². The molecule has 90 valence electrons. The highest BCUT2D eigenvalue weighted by Gasteiger charge is 2.14. The maximum Gasteiger partial charge on any atom is 0.107 e. The van der Waals surface area contributed by atoms with Gasteiger partial charge in [-0.05, 0) is 30.2 Å². The predicted molar refractivity (Wildman–Crippen MR) is 74.9 cm³/mol. The molecule has 3 heteroatoms. The van der Waals surface area contributed by atoms with E-state index in [1.54, 1.807) is 6.26 Å². The molecule has 1 aromatic heterocycles. The van der Waals surface area contributed by atoms with Gasteiger partial charge in [-0.3, -0.25) is 0 Å². The van der Waals surface area contributed by atoms with Crippen LogP contribution in [-0.4, -0.2) is 0 Å². The molecule has 1 atom stereocenters. The number of rotatable bonds is 4. The summed E-state index contributed by atoms with van der Waals surface area (Å²) in [6.45, 7) is 2.10. The van der Waals surface area contributed by atoms with E-state index in [0.717, 1.165) is 23.6 Å². The van der Waals surface area contributed by atoms with Gasteiger partial charge in [-0.1, -0.05) is 46.6 Å². The molecule has 0 N–H and O–H groups in total. The number of alkyl halides is 1. The Hall–Kier alpha value is -0.730. The summed E-state index contributed by atoms with van der Waals surface area (Å²) in [6, 6.07) is 10.00. The van der Waals surface area contributed by atoms with Gasteiger partial charge in [0.15, 0.2) is 0 Å². The lowest BCUT2D eigenvalue weighted by atomic mass is 10.0. The molecule has 0 aliphatic carbocycles. The van der Waals surface area contributed by atoms with Gasteiger partial charge in [-0.15, -0.1) is 0 Å². The van der Waals surface area contributed by atoms with E-state index in [4.69, 9.17) is 16.0 Å². The third-order valence-corrected chi connectivity index (χ3v) is 3.84. The molecule has 1 nitrogen and oxygen atoms in total. The summed E-state index contributed by atoms with van der Waals surface area (Å²) in [4.78, 5) is 0.289. The van der Waals surface area contributed by atoms with Crippen LogP contribution in [0, 0.1) is 0 Å². The standard InChI is InChI=1S/C14H14BrClO/c1-2-14-12(7-8-17-14)13(15)9-10-3-5-11(16)6-4-10/h3-8,13H,2,9H2,1H3. The summed E-state index contributed by atoms with van der Waals surface area (Å²) in [5.74, 6) is 1.06. The van der Waals surface area contributed by atoms with Crippen LogP contribution in [0.5, 0.6) is 0 Å². The highest BCUT2D eigenvalue weighted by molar-refractivity contribution is 9.09. The third kappa shape index (κ3) is 3.14. The molecule has 1 unspecified atom stereocenters. The molecule has 0 radical (unpaired) electrons. The summed E-state index contributed by atoms with van der Waals surface area (Å²) in [7, 11) is 0. The minimum atomic E-state index is 0.289. The topological polar surface area (TPSA) is 13.1 Å². The Morgan fingerprint density at radius 2 is 1.94 bits per heavy atom. The van der Waals surface area contributed by atoms with Gasteiger partial charge in [0, 0.05) is 21.8 Å². The highest BCUT2D eigenvalue weighted by Crippen LogP contribution is 2.31. The Morgan fingerprint density at radius 1 is 1.24 bits per heavy atom. The summed E-state index contributed by atoms with van der Waals surface area (Å²) in [5, 5.41) is 0.775. The van der Waals surface area contributed by atoms with E-state index in [1.165, 1.54) is 11.1 Å². The molecule has 1 aromatic carbocycles. The van der Waals surface area contributed by atoms with Crippen LogP contribution in [0.4, 0.5) is 0 Å². The van der Waals surface area contributed by atoms with Crippen LogP contribution in [0.2, 0.25) is 5.02 Å². The van der Waals surface area contributed by atoms with Crippen LogP contribution >= 0.6 is 27.5 Å². The zero-order valence-electron chi connectivity index (χ0n) is 9.62. The second-order valence-electron chi connectivity index (χ2n) is 3.95. The maximum absolute atomic E-state index is 5.87. The minimum Gasteiger partial charge on any atom is -0.469 e. The lowest BCUT2D eigenvalue weighted by Gasteiger charge is -2.09. The minimum absolute atomic E-state index is 0.289. The van der Waals surface area contributed by atoms with Crippen LogP contribution in [0.3, 0.4) is 0 Å². The summed E-state index contributed by atoms with van der Waals surface area (Å²) in [5.41, 5.74) is 2.50. The molecule has 0 saturated carbocycles. The second-order valence-corrected chi connectivity index (χ2v) is 5.49. The number of benzene rings is 1. The van der Waals surface area contributed by atoms with Crippen molar-refractivity contribution < 1.29 is 4.42 Å². The molecule has 0 bridgehead atoms. The predicted octanol–water partition coefficient (Wildman–Crippen LogP) is 5.17. The first kappa shape index (κ1) is 12.7. The SMILES string of the molecule is CCc1occc1C(Br)Cc1ccc(Cl)cc1. The zero-order chi connectivity index (χ0) is 12.3. The van der Waals surface area contributed by atoms with Crippen molar-refractivity contribution in [1.82, 2.24) is 0 Å². The maximum atomic E-state index is 5.87. The Balaban J connectivity index is 2.11. The quantitative estimate of drug-likeness (QED) is 0.709. The Kier molecular flexibility index (Phi) is 4.30. The van der Waals surface area contributed by atoms with Gasteiger partial charge in [0.25, 0.3) is 0 Å². The van der Waals surface area contributed by atoms with Gasteiger partial charge < -0.3 is 4.42 Å². The summed E-state index contributed by atoms with van der Waals surface area (Å²) < 4.78 is 5.44. The fourth-order valence-corrected chi connectivity index (χ4v) is 2.76. The third-order valence-electron chi connectivity index (χ3n) is 2.77. The molecule has 0 amide bonds. The van der Waals surface area contributed by atoms with Crippen molar-refractivity contribution in [2.75, 3.05) is 0 Å². The van der Waals surface area contributed by atoms with E-state index in [0.29, 0.717) is 0 Å². The molecule has 0 saturated heterocycles. The van der Waals surface area contributed by atoms with Crippen LogP contribution in [0.1, 0.15) is 28.6 Å². The number of hydrogen-bond donors (Lipinski definition) is 0. The van der Waals surface area contributed by atoms with Gasteiger partial charge in [0.1, 0.15) is 5.76 Å². The molecule has 0 aliphatic heterocycles. The first-order valence-corrected chi connectivity index (χ1v) is 6.95. The zero-order valence-corrected chi connectivity index (χ0v) is 12.0. The Labute approximate surface area is 115 Å². The van der Waals surface area contributed by atoms with Crippen molar-refractivity contribution in [2.24, 2.45) is 0 Å². The fourth-order valence-electron chi connectivity index (χ4n) is 1.85. The highest BCUT2D eigenvalue weighted by atomic mass is 79.9. The molecule has 1 heterocycles. The summed E-state index contributed by atoms with van der Waals surface area (Å²) >= 11 is 9.59. The average Bonchev–Trinajstić information content (AvgIpc) is 2.80. The number of aryl methyl sites for hydroxylation is 1. The van der Waals surface area contributed by atoms with Gasteiger partial charge in [0.2, 0.25) is 0 Å². The largest absolute Gasteiger partial charge is 0.469 e. The van der Waals surface area contributed by atoms with Crippen LogP contribution in [0.25, 0.3) is 0 Å². The fraction of sp³-hybridized carbons (Fsp3) is 0.286. The molecular formula is C14H14BrClO. The lowest BCUT2D eigenvalue weighted by Crippen LogP contribution is -1.96. The Morgan fingerprint density at radius 3 is 2.59 bits per heavy atom. The van der Waals surface area contributed by atoms with Gasteiger partial charge in [-0.2, -0.15) is 0 Å². The van der Waals surface area contributed by atoms with E-state index in [9.17, 15) is 0 Å². The van der Waals surface area contributed by atoms with Crippen LogP contribution in [-0.2, 0) is 12.8 Å². The van der Waals surface area contributed by atoms with Crippen molar-refractivity contribution in [3.05, 3.63) is 58.5 Å². The van der Waals surface area contributed by atoms with E-state index in [-0.39, 0.29) is 4.83 Å². The molecular weight excluding hydrogens is 300 g/mol. The average molecular weight is 314 g/mol. The van der Waals surface area contributed by atoms with Crippen molar-refractivity contribution >= 4 is 27.5 Å². The van der Waals surface area contributed by atoms with Crippen LogP contribution < -0.4 is 0 Å². The molecule has 0 fully saturated rings. The van der Waals surface area contributed by atoms with Crippen molar-refractivity contribution in [3.63, 3.8) is 0 Å². The molecule has 2 rings (SSSR count). The van der Waals surface area contributed by atoms with Crippen molar-refractivity contribution in [2.45, 2.75) is 24.6 Å². The number of hydrogen-bond acceptors (Lipinski definition) is 1. The molecule has 2 aromatic rings. The van der Waals surface area contributed by atoms with Gasteiger partial charge in [0.05, 0.1) is 6.26 Å². The normalized spacial score (nSPS) is 12.6. The lowest BCUT2D eigenvalue weighted by molar-refractivity contribution is 0.511. The Bertz CT molecular complexity index is 475. The van der Waals surface area contributed by atoms with E-state index >= 15 is 0 Å². The molecule has 17 heavy (non-hydrogen) atoms. The van der Waals surface area contributed by atoms with E-state index < -0.39 is 0 Å². The van der Waals surface area contributed by atoms with Gasteiger partial charge >= 0.3 is 0 Å². The monoisotopic (exact) mass is 312 g/mol. The smallest absolute Gasteiger partial charge is 0.107 e. The number of halogens is 2. The van der Waals surface area contributed by atoms with Crippen molar-refractivity contribution in [3.8, 4) is 0 Å². The first-order chi connectivity index (χ1) is 8.20. The van der Waals surface area contributed by atoms with E-state index in [2.05, 4.69) is 35.0 Å². The summed E-state index contributed by atoms with van der Waals surface area (Å²) in [6.07, 6.45) is 3.61. The van der Waals surface area contributed by atoms with Crippen LogP contribution in [0.15, 0.2) is 41.0 Å². The second kappa shape index (κ2) is 5.74. The number of furan rings is 1. The van der Waals surface area contributed by atoms with E-state index in [1.807, 2.05) is 18.2 Å². The first-order valence-electron chi connectivity index (χ1n) is 5.65. The molecule has 0 aliphatic rings. The molecule has 0 spiro atoms.